The van der Waals surface area contributed by atoms with Gasteiger partial charge in [0.25, 0.3) is 0 Å². The lowest BCUT2D eigenvalue weighted by atomic mass is 10.1. The molecule has 2 amide bonds. The number of hydrogen-bond donors (Lipinski definition) is 1. The zero-order valence-electron chi connectivity index (χ0n) is 19.3. The van der Waals surface area contributed by atoms with E-state index >= 15 is 0 Å². The third kappa shape index (κ3) is 5.22. The number of carbonyl (C=O) groups excluding carboxylic acids is 2. The summed E-state index contributed by atoms with van der Waals surface area (Å²) in [6.45, 7) is 5.66. The number of benzene rings is 2. The van der Waals surface area contributed by atoms with Crippen LogP contribution in [-0.2, 0) is 16.1 Å². The zero-order chi connectivity index (χ0) is 22.6. The van der Waals surface area contributed by atoms with Crippen molar-refractivity contribution in [3.63, 3.8) is 0 Å². The maximum absolute atomic E-state index is 12.8. The van der Waals surface area contributed by atoms with Crippen LogP contribution in [0.15, 0.2) is 54.6 Å². The first-order chi connectivity index (χ1) is 16.2. The highest BCUT2D eigenvalue weighted by Gasteiger charge is 2.38. The molecule has 1 atom stereocenters. The van der Waals surface area contributed by atoms with Crippen LogP contribution in [0.3, 0.4) is 0 Å². The Morgan fingerprint density at radius 3 is 2.30 bits per heavy atom. The molecule has 2 aromatic carbocycles. The first kappa shape index (κ1) is 22.0. The Morgan fingerprint density at radius 1 is 0.909 bits per heavy atom. The van der Waals surface area contributed by atoms with Gasteiger partial charge in [-0.2, -0.15) is 0 Å². The minimum absolute atomic E-state index is 0.0360. The quantitative estimate of drug-likeness (QED) is 0.735. The van der Waals surface area contributed by atoms with Crippen LogP contribution < -0.4 is 10.2 Å². The number of likely N-dealkylation sites (tertiary alicyclic amines) is 1. The lowest BCUT2D eigenvalue weighted by Crippen LogP contribution is -2.45. The first-order valence-corrected chi connectivity index (χ1v) is 12.4. The molecule has 2 aromatic rings. The molecule has 0 bridgehead atoms. The normalized spacial score (nSPS) is 22.2. The molecule has 2 aliphatic heterocycles. The van der Waals surface area contributed by atoms with Crippen LogP contribution in [0.1, 0.15) is 37.7 Å². The molecule has 2 heterocycles. The molecule has 2 saturated heterocycles. The van der Waals surface area contributed by atoms with E-state index in [4.69, 9.17) is 0 Å². The monoisotopic (exact) mass is 446 g/mol. The number of carbonyl (C=O) groups is 2. The lowest BCUT2D eigenvalue weighted by molar-refractivity contribution is -0.129. The summed E-state index contributed by atoms with van der Waals surface area (Å²) in [5.74, 6) is -0.134. The molecule has 174 valence electrons. The van der Waals surface area contributed by atoms with Gasteiger partial charge in [0.2, 0.25) is 11.8 Å². The van der Waals surface area contributed by atoms with E-state index in [0.29, 0.717) is 19.0 Å². The van der Waals surface area contributed by atoms with Gasteiger partial charge in [0.1, 0.15) is 0 Å². The SMILES string of the molecule is O=C(Nc1ccc(N2CCN(Cc3ccccc3)CC2)cc1)[C@H]1CC(=O)N(C2CCCC2)C1. The van der Waals surface area contributed by atoms with Gasteiger partial charge in [-0.3, -0.25) is 14.5 Å². The van der Waals surface area contributed by atoms with E-state index in [0.717, 1.165) is 51.3 Å². The Hall–Kier alpha value is -2.86. The van der Waals surface area contributed by atoms with Crippen molar-refractivity contribution < 1.29 is 9.59 Å². The molecule has 0 unspecified atom stereocenters. The van der Waals surface area contributed by atoms with Gasteiger partial charge in [0.15, 0.2) is 0 Å². The molecule has 6 heteroatoms. The van der Waals surface area contributed by atoms with Crippen molar-refractivity contribution in [1.82, 2.24) is 9.80 Å². The Balaban J connectivity index is 1.11. The number of nitrogens with one attached hydrogen (secondary N) is 1. The summed E-state index contributed by atoms with van der Waals surface area (Å²) in [4.78, 5) is 32.1. The maximum atomic E-state index is 12.8. The van der Waals surface area contributed by atoms with Crippen molar-refractivity contribution in [2.75, 3.05) is 42.9 Å². The van der Waals surface area contributed by atoms with E-state index in [2.05, 4.69) is 57.6 Å². The number of piperazine rings is 1. The Labute approximate surface area is 196 Å². The van der Waals surface area contributed by atoms with Crippen LogP contribution in [0.25, 0.3) is 0 Å². The van der Waals surface area contributed by atoms with E-state index in [-0.39, 0.29) is 17.7 Å². The second kappa shape index (κ2) is 9.96. The van der Waals surface area contributed by atoms with E-state index in [1.165, 1.54) is 24.1 Å². The van der Waals surface area contributed by atoms with Crippen LogP contribution in [-0.4, -0.2) is 60.4 Å². The van der Waals surface area contributed by atoms with Crippen molar-refractivity contribution in [3.8, 4) is 0 Å². The predicted molar refractivity (Wildman–Crippen MR) is 131 cm³/mol. The fourth-order valence-corrected chi connectivity index (χ4v) is 5.48. The molecule has 0 aromatic heterocycles. The molecular weight excluding hydrogens is 412 g/mol. The van der Waals surface area contributed by atoms with Crippen LogP contribution >= 0.6 is 0 Å². The van der Waals surface area contributed by atoms with Gasteiger partial charge in [-0.1, -0.05) is 43.2 Å². The smallest absolute Gasteiger partial charge is 0.229 e. The van der Waals surface area contributed by atoms with E-state index in [9.17, 15) is 9.59 Å². The summed E-state index contributed by atoms with van der Waals surface area (Å²) in [6.07, 6.45) is 4.90. The highest BCUT2D eigenvalue weighted by atomic mass is 16.2. The minimum atomic E-state index is -0.240. The molecule has 1 aliphatic carbocycles. The molecule has 1 saturated carbocycles. The van der Waals surface area contributed by atoms with Gasteiger partial charge in [-0.05, 0) is 42.7 Å². The highest BCUT2D eigenvalue weighted by Crippen LogP contribution is 2.30. The van der Waals surface area contributed by atoms with Crippen molar-refractivity contribution in [1.29, 1.82) is 0 Å². The lowest BCUT2D eigenvalue weighted by Gasteiger charge is -2.36. The van der Waals surface area contributed by atoms with Gasteiger partial charge in [0, 0.05) is 63.1 Å². The summed E-state index contributed by atoms with van der Waals surface area (Å²) in [5.41, 5.74) is 3.36. The van der Waals surface area contributed by atoms with E-state index in [1.807, 2.05) is 17.0 Å². The van der Waals surface area contributed by atoms with E-state index < -0.39 is 0 Å². The highest BCUT2D eigenvalue weighted by molar-refractivity contribution is 5.97. The van der Waals surface area contributed by atoms with Gasteiger partial charge in [-0.15, -0.1) is 0 Å². The molecule has 5 rings (SSSR count). The summed E-state index contributed by atoms with van der Waals surface area (Å²) >= 11 is 0. The van der Waals surface area contributed by atoms with Crippen molar-refractivity contribution in [2.45, 2.75) is 44.7 Å². The molecular formula is C27H34N4O2. The number of hydrogen-bond acceptors (Lipinski definition) is 4. The fourth-order valence-electron chi connectivity index (χ4n) is 5.48. The van der Waals surface area contributed by atoms with Gasteiger partial charge < -0.3 is 15.1 Å². The molecule has 6 nitrogen and oxygen atoms in total. The average Bonchev–Trinajstić information content (AvgIpc) is 3.51. The van der Waals surface area contributed by atoms with Gasteiger partial charge >= 0.3 is 0 Å². The molecule has 0 radical (unpaired) electrons. The summed E-state index contributed by atoms with van der Waals surface area (Å²) < 4.78 is 0. The largest absolute Gasteiger partial charge is 0.369 e. The van der Waals surface area contributed by atoms with Crippen molar-refractivity contribution in [3.05, 3.63) is 60.2 Å². The van der Waals surface area contributed by atoms with Crippen molar-refractivity contribution >= 4 is 23.2 Å². The predicted octanol–water partition coefficient (Wildman–Crippen LogP) is 3.74. The average molecular weight is 447 g/mol. The molecule has 0 spiro atoms. The molecule has 33 heavy (non-hydrogen) atoms. The van der Waals surface area contributed by atoms with Crippen LogP contribution in [0.4, 0.5) is 11.4 Å². The van der Waals surface area contributed by atoms with Gasteiger partial charge in [-0.25, -0.2) is 0 Å². The van der Waals surface area contributed by atoms with Crippen molar-refractivity contribution in [2.24, 2.45) is 5.92 Å². The maximum Gasteiger partial charge on any atom is 0.229 e. The van der Waals surface area contributed by atoms with Crippen LogP contribution in [0, 0.1) is 5.92 Å². The third-order valence-corrected chi connectivity index (χ3v) is 7.42. The number of rotatable bonds is 6. The molecule has 1 N–H and O–H groups in total. The Morgan fingerprint density at radius 2 is 1.61 bits per heavy atom. The van der Waals surface area contributed by atoms with Crippen LogP contribution in [0.2, 0.25) is 0 Å². The summed E-state index contributed by atoms with van der Waals surface area (Å²) in [5, 5.41) is 3.04. The van der Waals surface area contributed by atoms with E-state index in [1.54, 1.807) is 0 Å². The Kier molecular flexibility index (Phi) is 6.63. The fraction of sp³-hybridized carbons (Fsp3) is 0.481. The second-order valence-corrected chi connectivity index (χ2v) is 9.67. The first-order valence-electron chi connectivity index (χ1n) is 12.4. The Bertz CT molecular complexity index is 948. The minimum Gasteiger partial charge on any atom is -0.369 e. The number of anilines is 2. The second-order valence-electron chi connectivity index (χ2n) is 9.67. The number of nitrogens with zero attached hydrogens (tertiary/aromatic N) is 3. The summed E-state index contributed by atoms with van der Waals surface area (Å²) in [7, 11) is 0. The standard InChI is InChI=1S/C27H34N4O2/c32-26-18-22(20-31(26)25-8-4-5-9-25)27(33)28-23-10-12-24(13-11-23)30-16-14-29(15-17-30)19-21-6-2-1-3-7-21/h1-3,6-7,10-13,22,25H,4-5,8-9,14-20H2,(H,28,33)/t22-/m0/s1. The summed E-state index contributed by atoms with van der Waals surface area (Å²) in [6, 6.07) is 19.1. The molecule has 3 aliphatic rings. The third-order valence-electron chi connectivity index (χ3n) is 7.42. The van der Waals surface area contributed by atoms with Gasteiger partial charge in [0.05, 0.1) is 5.92 Å². The zero-order valence-corrected chi connectivity index (χ0v) is 19.3. The topological polar surface area (TPSA) is 55.9 Å². The van der Waals surface area contributed by atoms with Crippen LogP contribution in [0.5, 0.6) is 0 Å². The molecule has 3 fully saturated rings. The number of amides is 2.